The van der Waals surface area contributed by atoms with Gasteiger partial charge in [-0.2, -0.15) is 0 Å². The van der Waals surface area contributed by atoms with Crippen LogP contribution in [0, 0.1) is 11.3 Å². The van der Waals surface area contributed by atoms with Crippen LogP contribution in [-0.4, -0.2) is 13.1 Å². The minimum absolute atomic E-state index is 0.394. The maximum atomic E-state index is 3.62. The first-order valence-corrected chi connectivity index (χ1v) is 8.09. The molecule has 1 aromatic heterocycles. The number of aryl methyl sites for hydroxylation is 1. The molecule has 0 radical (unpaired) electrons. The molecule has 1 heterocycles. The summed E-state index contributed by atoms with van der Waals surface area (Å²) in [4.78, 5) is 3.06. The zero-order chi connectivity index (χ0) is 13.6. The summed E-state index contributed by atoms with van der Waals surface area (Å²) in [7, 11) is 0. The van der Waals surface area contributed by atoms with Gasteiger partial charge in [0.1, 0.15) is 0 Å². The summed E-state index contributed by atoms with van der Waals surface area (Å²) in [5, 5.41) is 3.62. The molecule has 0 aliphatic heterocycles. The van der Waals surface area contributed by atoms with Crippen LogP contribution in [0.3, 0.4) is 0 Å². The van der Waals surface area contributed by atoms with Crippen LogP contribution in [0.1, 0.15) is 50.8 Å². The predicted octanol–water partition coefficient (Wildman–Crippen LogP) is 4.51. The largest absolute Gasteiger partial charge is 0.316 e. The Bertz CT molecular complexity index is 343. The van der Waals surface area contributed by atoms with Gasteiger partial charge in [-0.05, 0) is 49.3 Å². The molecule has 1 rings (SSSR count). The highest BCUT2D eigenvalue weighted by atomic mass is 32.1. The van der Waals surface area contributed by atoms with E-state index >= 15 is 0 Å². The van der Waals surface area contributed by atoms with Crippen molar-refractivity contribution in [3.8, 4) is 0 Å². The summed E-state index contributed by atoms with van der Waals surface area (Å²) in [6, 6.07) is 4.61. The number of nitrogens with one attached hydrogen (secondary N) is 1. The standard InChI is InChI=1S/C16H29NS/c1-6-14-8-9-15(18-14)10-16(5,7-2)12-17-11-13(3)4/h8-9,13,17H,6-7,10-12H2,1-5H3. The van der Waals surface area contributed by atoms with Gasteiger partial charge >= 0.3 is 0 Å². The lowest BCUT2D eigenvalue weighted by molar-refractivity contribution is 0.287. The van der Waals surface area contributed by atoms with Crippen LogP contribution in [0.2, 0.25) is 0 Å². The highest BCUT2D eigenvalue weighted by Gasteiger charge is 2.23. The molecule has 0 saturated heterocycles. The van der Waals surface area contributed by atoms with Crippen molar-refractivity contribution < 1.29 is 0 Å². The molecule has 1 N–H and O–H groups in total. The molecule has 0 aliphatic rings. The molecule has 0 fully saturated rings. The number of hydrogen-bond acceptors (Lipinski definition) is 2. The van der Waals surface area contributed by atoms with Gasteiger partial charge in [0.15, 0.2) is 0 Å². The molecule has 1 unspecified atom stereocenters. The van der Waals surface area contributed by atoms with Gasteiger partial charge in [-0.15, -0.1) is 11.3 Å². The maximum Gasteiger partial charge on any atom is 0.00540 e. The third kappa shape index (κ3) is 5.11. The summed E-state index contributed by atoms with van der Waals surface area (Å²) < 4.78 is 0. The third-order valence-corrected chi connectivity index (χ3v) is 4.85. The Hall–Kier alpha value is -0.340. The minimum Gasteiger partial charge on any atom is -0.316 e. The summed E-state index contributed by atoms with van der Waals surface area (Å²) in [6.45, 7) is 13.7. The normalized spacial score (nSPS) is 15.0. The predicted molar refractivity (Wildman–Crippen MR) is 83.5 cm³/mol. The van der Waals surface area contributed by atoms with Crippen molar-refractivity contribution >= 4 is 11.3 Å². The van der Waals surface area contributed by atoms with Crippen molar-refractivity contribution in [3.63, 3.8) is 0 Å². The number of rotatable bonds is 8. The summed E-state index contributed by atoms with van der Waals surface area (Å²) in [5.74, 6) is 0.736. The molecule has 0 aromatic carbocycles. The van der Waals surface area contributed by atoms with E-state index in [1.54, 1.807) is 4.88 Å². The van der Waals surface area contributed by atoms with Gasteiger partial charge in [0, 0.05) is 16.3 Å². The molecule has 0 saturated carbocycles. The van der Waals surface area contributed by atoms with E-state index in [9.17, 15) is 0 Å². The molecule has 2 heteroatoms. The second-order valence-electron chi connectivity index (χ2n) is 6.09. The molecule has 18 heavy (non-hydrogen) atoms. The molecule has 104 valence electrons. The van der Waals surface area contributed by atoms with E-state index in [4.69, 9.17) is 0 Å². The van der Waals surface area contributed by atoms with Crippen molar-refractivity contribution in [2.45, 2.75) is 53.9 Å². The van der Waals surface area contributed by atoms with Gasteiger partial charge in [0.2, 0.25) is 0 Å². The molecule has 0 aliphatic carbocycles. The van der Waals surface area contributed by atoms with Gasteiger partial charge in [0.25, 0.3) is 0 Å². The van der Waals surface area contributed by atoms with Gasteiger partial charge in [-0.1, -0.05) is 34.6 Å². The molecule has 0 spiro atoms. The molecule has 1 atom stereocenters. The van der Waals surface area contributed by atoms with Crippen LogP contribution >= 0.6 is 11.3 Å². The Labute approximate surface area is 117 Å². The van der Waals surface area contributed by atoms with Gasteiger partial charge < -0.3 is 5.32 Å². The fourth-order valence-electron chi connectivity index (χ4n) is 2.10. The SMILES string of the molecule is CCc1ccc(CC(C)(CC)CNCC(C)C)s1. The van der Waals surface area contributed by atoms with E-state index in [0.29, 0.717) is 5.41 Å². The highest BCUT2D eigenvalue weighted by molar-refractivity contribution is 7.11. The average Bonchev–Trinajstić information content (AvgIpc) is 2.76. The zero-order valence-corrected chi connectivity index (χ0v) is 13.5. The van der Waals surface area contributed by atoms with Gasteiger partial charge in [-0.25, -0.2) is 0 Å². The summed E-state index contributed by atoms with van der Waals surface area (Å²) in [5.41, 5.74) is 0.394. The quantitative estimate of drug-likeness (QED) is 0.730. The van der Waals surface area contributed by atoms with E-state index < -0.39 is 0 Å². The molecular weight excluding hydrogens is 238 g/mol. The van der Waals surface area contributed by atoms with Crippen LogP contribution in [0.5, 0.6) is 0 Å². The second kappa shape index (κ2) is 7.30. The molecular formula is C16H29NS. The van der Waals surface area contributed by atoms with E-state index in [1.807, 2.05) is 11.3 Å². The molecule has 0 bridgehead atoms. The lowest BCUT2D eigenvalue weighted by Gasteiger charge is -2.28. The zero-order valence-electron chi connectivity index (χ0n) is 12.7. The topological polar surface area (TPSA) is 12.0 Å². The van der Waals surface area contributed by atoms with Crippen molar-refractivity contribution in [2.24, 2.45) is 11.3 Å². The fraction of sp³-hybridized carbons (Fsp3) is 0.750. The monoisotopic (exact) mass is 267 g/mol. The van der Waals surface area contributed by atoms with Crippen LogP contribution < -0.4 is 5.32 Å². The van der Waals surface area contributed by atoms with Gasteiger partial charge in [-0.3, -0.25) is 0 Å². The van der Waals surface area contributed by atoms with Crippen molar-refractivity contribution in [2.75, 3.05) is 13.1 Å². The molecule has 1 aromatic rings. The highest BCUT2D eigenvalue weighted by Crippen LogP contribution is 2.29. The molecule has 1 nitrogen and oxygen atoms in total. The van der Waals surface area contributed by atoms with Crippen molar-refractivity contribution in [1.29, 1.82) is 0 Å². The van der Waals surface area contributed by atoms with Crippen LogP contribution in [0.15, 0.2) is 12.1 Å². The summed E-state index contributed by atoms with van der Waals surface area (Å²) >= 11 is 1.99. The van der Waals surface area contributed by atoms with Gasteiger partial charge in [0.05, 0.1) is 0 Å². The second-order valence-corrected chi connectivity index (χ2v) is 7.34. The van der Waals surface area contributed by atoms with Crippen molar-refractivity contribution in [1.82, 2.24) is 5.32 Å². The smallest absolute Gasteiger partial charge is 0.00540 e. The number of hydrogen-bond donors (Lipinski definition) is 1. The van der Waals surface area contributed by atoms with E-state index in [1.165, 1.54) is 24.1 Å². The first kappa shape index (κ1) is 15.7. The first-order chi connectivity index (χ1) is 8.49. The Morgan fingerprint density at radius 3 is 2.39 bits per heavy atom. The van der Waals surface area contributed by atoms with Crippen LogP contribution in [0.4, 0.5) is 0 Å². The lowest BCUT2D eigenvalue weighted by atomic mass is 9.83. The Morgan fingerprint density at radius 2 is 1.89 bits per heavy atom. The van der Waals surface area contributed by atoms with Crippen molar-refractivity contribution in [3.05, 3.63) is 21.9 Å². The van der Waals surface area contributed by atoms with E-state index in [2.05, 4.69) is 52.1 Å². The Morgan fingerprint density at radius 1 is 1.22 bits per heavy atom. The van der Waals surface area contributed by atoms with E-state index in [-0.39, 0.29) is 0 Å². The Kier molecular flexibility index (Phi) is 6.37. The number of thiophene rings is 1. The van der Waals surface area contributed by atoms with E-state index in [0.717, 1.165) is 19.0 Å². The first-order valence-electron chi connectivity index (χ1n) is 7.27. The molecule has 0 amide bonds. The average molecular weight is 267 g/mol. The summed E-state index contributed by atoms with van der Waals surface area (Å²) in [6.07, 6.45) is 3.61. The maximum absolute atomic E-state index is 3.62. The third-order valence-electron chi connectivity index (χ3n) is 3.62. The fourth-order valence-corrected chi connectivity index (χ4v) is 3.28. The minimum atomic E-state index is 0.394. The van der Waals surface area contributed by atoms with Crippen LogP contribution in [-0.2, 0) is 12.8 Å². The Balaban J connectivity index is 2.52. The lowest BCUT2D eigenvalue weighted by Crippen LogP contribution is -2.34. The van der Waals surface area contributed by atoms with Crippen LogP contribution in [0.25, 0.3) is 0 Å².